The first kappa shape index (κ1) is 13.3. The molecule has 0 radical (unpaired) electrons. The molecule has 0 aromatic carbocycles. The van der Waals surface area contributed by atoms with E-state index in [-0.39, 0.29) is 0 Å². The molecule has 0 saturated carbocycles. The van der Waals surface area contributed by atoms with Crippen molar-refractivity contribution in [2.24, 2.45) is 0 Å². The van der Waals surface area contributed by atoms with Crippen molar-refractivity contribution >= 4 is 0 Å². The molecule has 4 nitrogen and oxygen atoms in total. The molecule has 2 aliphatic heterocycles. The molecule has 2 saturated heterocycles. The number of aliphatic hydroxyl groups is 2. The van der Waals surface area contributed by atoms with Gasteiger partial charge in [-0.15, -0.1) is 0 Å². The maximum absolute atomic E-state index is 10.4. The van der Waals surface area contributed by atoms with Crippen LogP contribution in [0.1, 0.15) is 44.9 Å². The molecule has 0 aromatic heterocycles. The lowest BCUT2D eigenvalue weighted by atomic mass is 9.97. The van der Waals surface area contributed by atoms with Crippen LogP contribution in [-0.2, 0) is 0 Å². The first-order chi connectivity index (χ1) is 7.96. The van der Waals surface area contributed by atoms with E-state index in [0.29, 0.717) is 0 Å². The van der Waals surface area contributed by atoms with E-state index in [4.69, 9.17) is 0 Å². The highest BCUT2D eigenvalue weighted by atomic mass is 16.3. The van der Waals surface area contributed by atoms with Crippen molar-refractivity contribution in [1.29, 1.82) is 0 Å². The lowest BCUT2D eigenvalue weighted by molar-refractivity contribution is -0.0968. The number of hydrogen-bond acceptors (Lipinski definition) is 4. The Kier molecular flexibility index (Phi) is 3.78. The number of hydrogen-bond donors (Lipinski definition) is 2. The van der Waals surface area contributed by atoms with Crippen LogP contribution < -0.4 is 0 Å². The van der Waals surface area contributed by atoms with E-state index in [1.54, 1.807) is 0 Å². The Morgan fingerprint density at radius 1 is 0.882 bits per heavy atom. The highest BCUT2D eigenvalue weighted by molar-refractivity contribution is 4.87. The summed E-state index contributed by atoms with van der Waals surface area (Å²) in [6.07, 6.45) is 6.35. The summed E-state index contributed by atoms with van der Waals surface area (Å²) in [6.45, 7) is 1.97. The molecule has 0 aromatic rings. The number of likely N-dealkylation sites (tertiary alicyclic amines) is 2. The zero-order valence-corrected chi connectivity index (χ0v) is 11.2. The summed E-state index contributed by atoms with van der Waals surface area (Å²) < 4.78 is 0. The molecule has 100 valence electrons. The Labute approximate surface area is 104 Å². The van der Waals surface area contributed by atoms with Crippen molar-refractivity contribution in [2.75, 3.05) is 27.2 Å². The van der Waals surface area contributed by atoms with Gasteiger partial charge in [-0.3, -0.25) is 9.80 Å². The van der Waals surface area contributed by atoms with Crippen molar-refractivity contribution in [3.05, 3.63) is 0 Å². The van der Waals surface area contributed by atoms with E-state index >= 15 is 0 Å². The Bertz CT molecular complexity index is 248. The average molecular weight is 242 g/mol. The molecule has 17 heavy (non-hydrogen) atoms. The first-order valence-corrected chi connectivity index (χ1v) is 6.84. The summed E-state index contributed by atoms with van der Waals surface area (Å²) in [7, 11) is 3.98. The predicted octanol–water partition coefficient (Wildman–Crippen LogP) is 0.985. The second-order valence-corrected chi connectivity index (χ2v) is 5.87. The molecular weight excluding hydrogens is 216 g/mol. The molecule has 0 amide bonds. The second-order valence-electron chi connectivity index (χ2n) is 5.87. The fourth-order valence-corrected chi connectivity index (χ4v) is 3.28. The third-order valence-electron chi connectivity index (χ3n) is 4.72. The third-order valence-corrected chi connectivity index (χ3v) is 4.72. The van der Waals surface area contributed by atoms with Crippen LogP contribution in [0.5, 0.6) is 0 Å². The van der Waals surface area contributed by atoms with Gasteiger partial charge < -0.3 is 10.2 Å². The van der Waals surface area contributed by atoms with E-state index in [1.165, 1.54) is 0 Å². The minimum absolute atomic E-state index is 0.618. The predicted molar refractivity (Wildman–Crippen MR) is 67.5 cm³/mol. The van der Waals surface area contributed by atoms with E-state index in [9.17, 15) is 10.2 Å². The molecule has 4 heteroatoms. The summed E-state index contributed by atoms with van der Waals surface area (Å²) in [5.41, 5.74) is -1.24. The van der Waals surface area contributed by atoms with Crippen molar-refractivity contribution in [1.82, 2.24) is 9.80 Å². The summed E-state index contributed by atoms with van der Waals surface area (Å²) in [4.78, 5) is 4.10. The Hall–Kier alpha value is -0.160. The Morgan fingerprint density at radius 2 is 1.29 bits per heavy atom. The van der Waals surface area contributed by atoms with Crippen molar-refractivity contribution in [2.45, 2.75) is 56.4 Å². The molecule has 2 unspecified atom stereocenters. The normalized spacial score (nSPS) is 40.2. The van der Waals surface area contributed by atoms with E-state index in [1.807, 2.05) is 14.1 Å². The van der Waals surface area contributed by atoms with E-state index in [0.717, 1.165) is 58.0 Å². The summed E-state index contributed by atoms with van der Waals surface area (Å²) in [5.74, 6) is 0. The standard InChI is InChI=1S/C13H26N2O2/c1-14-10-4-8-12(14,16)6-3-7-13(17)9-5-11-15(13)2/h16-17H,3-11H2,1-2H3. The van der Waals surface area contributed by atoms with Gasteiger partial charge in [-0.05, 0) is 59.0 Å². The lowest BCUT2D eigenvalue weighted by Crippen LogP contribution is -2.43. The smallest absolute Gasteiger partial charge is 0.118 e. The van der Waals surface area contributed by atoms with Gasteiger partial charge in [0.15, 0.2) is 0 Å². The zero-order valence-electron chi connectivity index (χ0n) is 11.2. The summed E-state index contributed by atoms with van der Waals surface area (Å²) in [5, 5.41) is 20.8. The van der Waals surface area contributed by atoms with Crippen LogP contribution in [0, 0.1) is 0 Å². The van der Waals surface area contributed by atoms with Gasteiger partial charge in [0.05, 0.1) is 0 Å². The van der Waals surface area contributed by atoms with Crippen LogP contribution in [0.25, 0.3) is 0 Å². The molecule has 2 heterocycles. The largest absolute Gasteiger partial charge is 0.376 e. The second kappa shape index (κ2) is 4.84. The molecule has 0 bridgehead atoms. The van der Waals surface area contributed by atoms with Gasteiger partial charge in [0, 0.05) is 13.1 Å². The average Bonchev–Trinajstić information content (AvgIpc) is 2.75. The Morgan fingerprint density at radius 3 is 1.59 bits per heavy atom. The minimum atomic E-state index is -0.618. The van der Waals surface area contributed by atoms with Crippen molar-refractivity contribution in [3.8, 4) is 0 Å². The molecule has 2 aliphatic rings. The molecule has 2 fully saturated rings. The first-order valence-electron chi connectivity index (χ1n) is 6.84. The number of nitrogens with zero attached hydrogens (tertiary/aromatic N) is 2. The highest BCUT2D eigenvalue weighted by Gasteiger charge is 2.39. The maximum atomic E-state index is 10.4. The monoisotopic (exact) mass is 242 g/mol. The molecule has 0 spiro atoms. The fourth-order valence-electron chi connectivity index (χ4n) is 3.28. The maximum Gasteiger partial charge on any atom is 0.118 e. The van der Waals surface area contributed by atoms with Crippen molar-refractivity contribution in [3.63, 3.8) is 0 Å². The molecular formula is C13H26N2O2. The van der Waals surface area contributed by atoms with Crippen LogP contribution in [0.4, 0.5) is 0 Å². The number of rotatable bonds is 4. The minimum Gasteiger partial charge on any atom is -0.376 e. The quantitative estimate of drug-likeness (QED) is 0.771. The van der Waals surface area contributed by atoms with Gasteiger partial charge in [0.25, 0.3) is 0 Å². The van der Waals surface area contributed by atoms with E-state index in [2.05, 4.69) is 9.80 Å². The van der Waals surface area contributed by atoms with Crippen LogP contribution >= 0.6 is 0 Å². The molecule has 0 aliphatic carbocycles. The van der Waals surface area contributed by atoms with Crippen molar-refractivity contribution < 1.29 is 10.2 Å². The fraction of sp³-hybridized carbons (Fsp3) is 1.00. The molecule has 2 N–H and O–H groups in total. The van der Waals surface area contributed by atoms with Gasteiger partial charge in [-0.2, -0.15) is 0 Å². The summed E-state index contributed by atoms with van der Waals surface area (Å²) in [6, 6.07) is 0. The van der Waals surface area contributed by atoms with Gasteiger partial charge in [0.1, 0.15) is 11.4 Å². The van der Waals surface area contributed by atoms with Crippen LogP contribution in [-0.4, -0.2) is 58.6 Å². The van der Waals surface area contributed by atoms with Crippen LogP contribution in [0.3, 0.4) is 0 Å². The SMILES string of the molecule is CN1CCCC1(O)CCCC1(O)CCCN1C. The Balaban J connectivity index is 1.79. The van der Waals surface area contributed by atoms with Gasteiger partial charge in [-0.25, -0.2) is 0 Å². The van der Waals surface area contributed by atoms with Gasteiger partial charge in [-0.1, -0.05) is 0 Å². The van der Waals surface area contributed by atoms with Crippen LogP contribution in [0.15, 0.2) is 0 Å². The third kappa shape index (κ3) is 2.65. The van der Waals surface area contributed by atoms with E-state index < -0.39 is 11.4 Å². The topological polar surface area (TPSA) is 46.9 Å². The lowest BCUT2D eigenvalue weighted by Gasteiger charge is -2.34. The van der Waals surface area contributed by atoms with Crippen LogP contribution in [0.2, 0.25) is 0 Å². The molecule has 2 rings (SSSR count). The van der Waals surface area contributed by atoms with Gasteiger partial charge in [0.2, 0.25) is 0 Å². The summed E-state index contributed by atoms with van der Waals surface area (Å²) >= 11 is 0. The molecule has 2 atom stereocenters. The zero-order chi connectivity index (χ0) is 12.5. The highest BCUT2D eigenvalue weighted by Crippen LogP contribution is 2.34. The van der Waals surface area contributed by atoms with Gasteiger partial charge >= 0.3 is 0 Å².